The minimum absolute atomic E-state index is 0.720. The van der Waals surface area contributed by atoms with E-state index >= 15 is 0 Å². The van der Waals surface area contributed by atoms with Crippen LogP contribution < -0.4 is 10.6 Å². The standard InChI is InChI=1S/C14H13ClN2/c15-12-6-3-7-13(16)14(12)17-8-10-4-1-2-5-11(10)9-17/h1-7H,8-9,16H2. The highest BCUT2D eigenvalue weighted by molar-refractivity contribution is 6.34. The van der Waals surface area contributed by atoms with Gasteiger partial charge in [0.1, 0.15) is 0 Å². The van der Waals surface area contributed by atoms with Crippen molar-refractivity contribution in [3.63, 3.8) is 0 Å². The van der Waals surface area contributed by atoms with Gasteiger partial charge in [-0.2, -0.15) is 0 Å². The Morgan fingerprint density at radius 2 is 1.59 bits per heavy atom. The van der Waals surface area contributed by atoms with Gasteiger partial charge >= 0.3 is 0 Å². The highest BCUT2D eigenvalue weighted by atomic mass is 35.5. The molecule has 3 rings (SSSR count). The van der Waals surface area contributed by atoms with Gasteiger partial charge in [0.05, 0.1) is 16.4 Å². The average molecular weight is 245 g/mol. The number of fused-ring (bicyclic) bond motifs is 1. The summed E-state index contributed by atoms with van der Waals surface area (Å²) in [5.41, 5.74) is 10.4. The molecule has 0 bridgehead atoms. The Hall–Kier alpha value is -1.67. The number of para-hydroxylation sites is 1. The van der Waals surface area contributed by atoms with Crippen molar-refractivity contribution in [3.05, 3.63) is 58.6 Å². The topological polar surface area (TPSA) is 29.3 Å². The molecule has 0 aromatic heterocycles. The molecule has 2 aromatic rings. The van der Waals surface area contributed by atoms with Gasteiger partial charge < -0.3 is 10.6 Å². The van der Waals surface area contributed by atoms with Gasteiger partial charge in [-0.3, -0.25) is 0 Å². The van der Waals surface area contributed by atoms with Gasteiger partial charge in [0.2, 0.25) is 0 Å². The maximum absolute atomic E-state index is 6.23. The molecule has 0 aliphatic carbocycles. The molecule has 0 saturated carbocycles. The van der Waals surface area contributed by atoms with Crippen molar-refractivity contribution < 1.29 is 0 Å². The van der Waals surface area contributed by atoms with Crippen LogP contribution in [0.3, 0.4) is 0 Å². The van der Waals surface area contributed by atoms with Crippen molar-refractivity contribution in [3.8, 4) is 0 Å². The Morgan fingerprint density at radius 3 is 2.18 bits per heavy atom. The van der Waals surface area contributed by atoms with Crippen LogP contribution >= 0.6 is 11.6 Å². The van der Waals surface area contributed by atoms with Crippen LogP contribution in [-0.4, -0.2) is 0 Å². The molecule has 0 saturated heterocycles. The van der Waals surface area contributed by atoms with Crippen molar-refractivity contribution in [1.29, 1.82) is 0 Å². The van der Waals surface area contributed by atoms with E-state index in [0.29, 0.717) is 0 Å². The molecular weight excluding hydrogens is 232 g/mol. The van der Waals surface area contributed by atoms with E-state index in [1.165, 1.54) is 11.1 Å². The van der Waals surface area contributed by atoms with Crippen LogP contribution in [0, 0.1) is 0 Å². The Morgan fingerprint density at radius 1 is 0.941 bits per heavy atom. The number of nitrogen functional groups attached to an aromatic ring is 1. The summed E-state index contributed by atoms with van der Waals surface area (Å²) in [7, 11) is 0. The lowest BCUT2D eigenvalue weighted by molar-refractivity contribution is 0.882. The molecule has 1 aliphatic rings. The summed E-state index contributed by atoms with van der Waals surface area (Å²) < 4.78 is 0. The van der Waals surface area contributed by atoms with E-state index in [-0.39, 0.29) is 0 Å². The largest absolute Gasteiger partial charge is 0.397 e. The molecule has 0 atom stereocenters. The lowest BCUT2D eigenvalue weighted by Crippen LogP contribution is -2.16. The zero-order valence-electron chi connectivity index (χ0n) is 9.36. The van der Waals surface area contributed by atoms with Crippen molar-refractivity contribution in [1.82, 2.24) is 0 Å². The van der Waals surface area contributed by atoms with Gasteiger partial charge in [-0.1, -0.05) is 41.9 Å². The van der Waals surface area contributed by atoms with Crippen LogP contribution in [0.1, 0.15) is 11.1 Å². The summed E-state index contributed by atoms with van der Waals surface area (Å²) in [6, 6.07) is 14.1. The van der Waals surface area contributed by atoms with Crippen LogP contribution in [-0.2, 0) is 13.1 Å². The highest BCUT2D eigenvalue weighted by Crippen LogP contribution is 2.37. The lowest BCUT2D eigenvalue weighted by atomic mass is 10.1. The van der Waals surface area contributed by atoms with E-state index in [4.69, 9.17) is 17.3 Å². The zero-order valence-corrected chi connectivity index (χ0v) is 10.1. The number of nitrogens with zero attached hydrogens (tertiary/aromatic N) is 1. The number of rotatable bonds is 1. The summed E-state index contributed by atoms with van der Waals surface area (Å²) in [4.78, 5) is 2.22. The van der Waals surface area contributed by atoms with Gasteiger partial charge in [-0.15, -0.1) is 0 Å². The van der Waals surface area contributed by atoms with Gasteiger partial charge in [-0.05, 0) is 23.3 Å². The first-order valence-corrected chi connectivity index (χ1v) is 5.99. The summed E-state index contributed by atoms with van der Waals surface area (Å²) in [5, 5.41) is 0.720. The Bertz CT molecular complexity index is 521. The maximum Gasteiger partial charge on any atom is 0.0795 e. The summed E-state index contributed by atoms with van der Waals surface area (Å²) in [5.74, 6) is 0. The molecule has 17 heavy (non-hydrogen) atoms. The molecule has 0 unspecified atom stereocenters. The first-order chi connectivity index (χ1) is 8.25. The van der Waals surface area contributed by atoms with Gasteiger partial charge in [0.15, 0.2) is 0 Å². The van der Waals surface area contributed by atoms with Gasteiger partial charge in [-0.25, -0.2) is 0 Å². The lowest BCUT2D eigenvalue weighted by Gasteiger charge is -2.21. The molecule has 0 spiro atoms. The number of nitrogens with two attached hydrogens (primary N) is 1. The summed E-state index contributed by atoms with van der Waals surface area (Å²) >= 11 is 6.23. The molecule has 2 nitrogen and oxygen atoms in total. The van der Waals surface area contributed by atoms with E-state index < -0.39 is 0 Å². The predicted octanol–water partition coefficient (Wildman–Crippen LogP) is 3.44. The maximum atomic E-state index is 6.23. The first kappa shape index (κ1) is 10.5. The van der Waals surface area contributed by atoms with Crippen LogP contribution in [0.4, 0.5) is 11.4 Å². The fourth-order valence-corrected chi connectivity index (χ4v) is 2.66. The van der Waals surface area contributed by atoms with Crippen LogP contribution in [0.2, 0.25) is 5.02 Å². The molecule has 0 radical (unpaired) electrons. The molecule has 3 heteroatoms. The Kier molecular flexibility index (Phi) is 2.45. The average Bonchev–Trinajstić information content (AvgIpc) is 2.71. The van der Waals surface area contributed by atoms with Crippen molar-refractivity contribution in [2.45, 2.75) is 13.1 Å². The molecule has 1 heterocycles. The molecule has 2 aromatic carbocycles. The summed E-state index contributed by atoms with van der Waals surface area (Å²) in [6.07, 6.45) is 0. The minimum Gasteiger partial charge on any atom is -0.397 e. The van der Waals surface area contributed by atoms with Crippen LogP contribution in [0.15, 0.2) is 42.5 Å². The second-order valence-electron chi connectivity index (χ2n) is 4.30. The predicted molar refractivity (Wildman–Crippen MR) is 72.2 cm³/mol. The van der Waals surface area contributed by atoms with Crippen molar-refractivity contribution in [2.24, 2.45) is 0 Å². The van der Waals surface area contributed by atoms with Crippen LogP contribution in [0.5, 0.6) is 0 Å². The molecule has 1 aliphatic heterocycles. The molecule has 0 amide bonds. The highest BCUT2D eigenvalue weighted by Gasteiger charge is 2.21. The van der Waals surface area contributed by atoms with E-state index in [2.05, 4.69) is 29.2 Å². The fourth-order valence-electron chi connectivity index (χ4n) is 2.36. The number of benzene rings is 2. The van der Waals surface area contributed by atoms with Crippen molar-refractivity contribution in [2.75, 3.05) is 10.6 Å². The monoisotopic (exact) mass is 244 g/mol. The third-order valence-electron chi connectivity index (χ3n) is 3.18. The molecule has 0 fully saturated rings. The second-order valence-corrected chi connectivity index (χ2v) is 4.71. The first-order valence-electron chi connectivity index (χ1n) is 5.61. The number of anilines is 2. The van der Waals surface area contributed by atoms with E-state index in [1.54, 1.807) is 0 Å². The van der Waals surface area contributed by atoms with Gasteiger partial charge in [0.25, 0.3) is 0 Å². The number of hydrogen-bond acceptors (Lipinski definition) is 2. The minimum atomic E-state index is 0.720. The van der Waals surface area contributed by atoms with Crippen molar-refractivity contribution >= 4 is 23.0 Å². The zero-order chi connectivity index (χ0) is 11.8. The fraction of sp³-hybridized carbons (Fsp3) is 0.143. The van der Waals surface area contributed by atoms with Gasteiger partial charge in [0, 0.05) is 13.1 Å². The third kappa shape index (κ3) is 1.75. The number of halogens is 1. The Balaban J connectivity index is 1.99. The second kappa shape index (κ2) is 3.97. The van der Waals surface area contributed by atoms with E-state index in [9.17, 15) is 0 Å². The third-order valence-corrected chi connectivity index (χ3v) is 3.48. The van der Waals surface area contributed by atoms with E-state index in [1.807, 2.05) is 18.2 Å². The van der Waals surface area contributed by atoms with Crippen LogP contribution in [0.25, 0.3) is 0 Å². The quantitative estimate of drug-likeness (QED) is 0.779. The molecule has 86 valence electrons. The molecular formula is C14H13ClN2. The normalized spacial score (nSPS) is 13.8. The number of hydrogen-bond donors (Lipinski definition) is 1. The summed E-state index contributed by atoms with van der Waals surface area (Å²) in [6.45, 7) is 1.76. The molecule has 2 N–H and O–H groups in total. The van der Waals surface area contributed by atoms with E-state index in [0.717, 1.165) is 29.5 Å². The SMILES string of the molecule is Nc1cccc(Cl)c1N1Cc2ccccc2C1. The Labute approximate surface area is 106 Å². The smallest absolute Gasteiger partial charge is 0.0795 e.